The fourth-order valence-corrected chi connectivity index (χ4v) is 2.91. The smallest absolute Gasteiger partial charge is 0.246 e. The Morgan fingerprint density at radius 3 is 2.58 bits per heavy atom. The first-order valence-electron chi connectivity index (χ1n) is 8.47. The molecule has 0 fully saturated rings. The quantitative estimate of drug-likeness (QED) is 0.583. The van der Waals surface area contributed by atoms with Gasteiger partial charge in [0, 0.05) is 11.1 Å². The molecule has 0 spiro atoms. The molecular weight excluding hydrogens is 324 g/mol. The average Bonchev–Trinajstić information content (AvgIpc) is 2.68. The third-order valence-corrected chi connectivity index (χ3v) is 4.31. The molecular formula is C21H18N4O. The molecule has 128 valence electrons. The summed E-state index contributed by atoms with van der Waals surface area (Å²) in [7, 11) is 0. The highest BCUT2D eigenvalue weighted by Crippen LogP contribution is 2.21. The van der Waals surface area contributed by atoms with Gasteiger partial charge in [-0.15, -0.1) is 0 Å². The van der Waals surface area contributed by atoms with Crippen molar-refractivity contribution in [2.75, 3.05) is 10.6 Å². The number of benzene rings is 3. The third kappa shape index (κ3) is 3.19. The molecule has 3 aromatic carbocycles. The van der Waals surface area contributed by atoms with E-state index in [0.717, 1.165) is 27.4 Å². The Bertz CT molecular complexity index is 1090. The van der Waals surface area contributed by atoms with Crippen molar-refractivity contribution in [3.63, 3.8) is 0 Å². The fraction of sp³-hybridized carbons (Fsp3) is 0.0952. The number of para-hydroxylation sites is 1. The van der Waals surface area contributed by atoms with Gasteiger partial charge in [-0.05, 0) is 42.0 Å². The summed E-state index contributed by atoms with van der Waals surface area (Å²) in [4.78, 5) is 21.1. The van der Waals surface area contributed by atoms with Crippen LogP contribution < -0.4 is 10.6 Å². The number of hydrogen-bond acceptors (Lipinski definition) is 4. The highest BCUT2D eigenvalue weighted by Gasteiger charge is 2.15. The van der Waals surface area contributed by atoms with E-state index in [9.17, 15) is 4.79 Å². The Morgan fingerprint density at radius 1 is 0.923 bits per heavy atom. The number of anilines is 2. The van der Waals surface area contributed by atoms with Crippen molar-refractivity contribution < 1.29 is 4.79 Å². The Kier molecular flexibility index (Phi) is 4.19. The number of fused-ring (bicyclic) bond motifs is 2. The molecule has 1 amide bonds. The molecule has 5 nitrogen and oxygen atoms in total. The topological polar surface area (TPSA) is 66.9 Å². The van der Waals surface area contributed by atoms with E-state index in [1.165, 1.54) is 6.33 Å². The molecule has 0 aliphatic heterocycles. The second-order valence-corrected chi connectivity index (χ2v) is 6.16. The Balaban J connectivity index is 1.52. The van der Waals surface area contributed by atoms with E-state index in [1.54, 1.807) is 0 Å². The lowest BCUT2D eigenvalue weighted by molar-refractivity contribution is -0.116. The van der Waals surface area contributed by atoms with Crippen LogP contribution in [-0.2, 0) is 4.79 Å². The van der Waals surface area contributed by atoms with Gasteiger partial charge in [-0.2, -0.15) is 0 Å². The molecule has 0 aliphatic carbocycles. The summed E-state index contributed by atoms with van der Waals surface area (Å²) in [6, 6.07) is 21.2. The Hall–Kier alpha value is -3.47. The molecule has 4 rings (SSSR count). The third-order valence-electron chi connectivity index (χ3n) is 4.31. The average molecular weight is 342 g/mol. The van der Waals surface area contributed by atoms with Gasteiger partial charge in [0.2, 0.25) is 5.91 Å². The molecule has 0 aliphatic rings. The second kappa shape index (κ2) is 6.80. The second-order valence-electron chi connectivity index (χ2n) is 6.16. The van der Waals surface area contributed by atoms with Crippen LogP contribution in [0.4, 0.5) is 11.5 Å². The molecule has 4 aromatic rings. The Morgan fingerprint density at radius 2 is 1.69 bits per heavy atom. The van der Waals surface area contributed by atoms with Gasteiger partial charge in [0.05, 0.1) is 5.52 Å². The Labute approximate surface area is 151 Å². The molecule has 1 aromatic heterocycles. The number of nitrogens with one attached hydrogen (secondary N) is 2. The maximum Gasteiger partial charge on any atom is 0.246 e. The molecule has 1 unspecified atom stereocenters. The summed E-state index contributed by atoms with van der Waals surface area (Å²) in [6.45, 7) is 1.81. The highest BCUT2D eigenvalue weighted by molar-refractivity contribution is 5.99. The van der Waals surface area contributed by atoms with E-state index in [1.807, 2.05) is 73.7 Å². The summed E-state index contributed by atoms with van der Waals surface area (Å²) in [5.74, 6) is 0.528. The van der Waals surface area contributed by atoms with Crippen molar-refractivity contribution in [3.8, 4) is 0 Å². The summed E-state index contributed by atoms with van der Waals surface area (Å²) >= 11 is 0. The number of carbonyl (C=O) groups excluding carboxylic acids is 1. The van der Waals surface area contributed by atoms with Crippen molar-refractivity contribution in [1.29, 1.82) is 0 Å². The number of amides is 1. The van der Waals surface area contributed by atoms with Crippen molar-refractivity contribution >= 4 is 39.1 Å². The molecule has 0 radical (unpaired) electrons. The van der Waals surface area contributed by atoms with E-state index in [0.29, 0.717) is 5.82 Å². The number of carbonyl (C=O) groups is 1. The maximum atomic E-state index is 12.6. The number of hydrogen-bond donors (Lipinski definition) is 2. The minimum atomic E-state index is -0.445. The SMILES string of the molecule is CC(Nc1ncnc2ccccc12)C(=O)Nc1ccc2ccccc2c1. The van der Waals surface area contributed by atoms with Gasteiger partial charge in [0.1, 0.15) is 18.2 Å². The zero-order valence-electron chi connectivity index (χ0n) is 14.3. The normalized spacial score (nSPS) is 12.0. The first-order valence-corrected chi connectivity index (χ1v) is 8.47. The lowest BCUT2D eigenvalue weighted by atomic mass is 10.1. The van der Waals surface area contributed by atoms with Gasteiger partial charge in [0.15, 0.2) is 0 Å². The monoisotopic (exact) mass is 342 g/mol. The van der Waals surface area contributed by atoms with E-state index in [-0.39, 0.29) is 5.91 Å². The van der Waals surface area contributed by atoms with Crippen molar-refractivity contribution in [2.45, 2.75) is 13.0 Å². The van der Waals surface area contributed by atoms with Gasteiger partial charge in [0.25, 0.3) is 0 Å². The number of nitrogens with zero attached hydrogens (tertiary/aromatic N) is 2. The molecule has 0 bridgehead atoms. The molecule has 0 saturated carbocycles. The van der Waals surface area contributed by atoms with Crippen molar-refractivity contribution in [3.05, 3.63) is 73.1 Å². The first-order chi connectivity index (χ1) is 12.7. The minimum absolute atomic E-state index is 0.122. The van der Waals surface area contributed by atoms with E-state index < -0.39 is 6.04 Å². The van der Waals surface area contributed by atoms with E-state index in [2.05, 4.69) is 20.6 Å². The van der Waals surface area contributed by atoms with Crippen LogP contribution in [0.2, 0.25) is 0 Å². The summed E-state index contributed by atoms with van der Waals surface area (Å²) in [5.41, 5.74) is 1.61. The van der Waals surface area contributed by atoms with E-state index >= 15 is 0 Å². The zero-order valence-corrected chi connectivity index (χ0v) is 14.3. The predicted octanol–water partition coefficient (Wildman–Crippen LogP) is 4.22. The van der Waals surface area contributed by atoms with Crippen molar-refractivity contribution in [1.82, 2.24) is 9.97 Å². The van der Waals surface area contributed by atoms with Crippen LogP contribution in [0.3, 0.4) is 0 Å². The van der Waals surface area contributed by atoms with Crippen LogP contribution in [0.5, 0.6) is 0 Å². The maximum absolute atomic E-state index is 12.6. The van der Waals surface area contributed by atoms with Crippen LogP contribution in [0.25, 0.3) is 21.7 Å². The lowest BCUT2D eigenvalue weighted by Crippen LogP contribution is -2.32. The summed E-state index contributed by atoms with van der Waals surface area (Å²) in [5, 5.41) is 9.26. The predicted molar refractivity (Wildman–Crippen MR) is 105 cm³/mol. The van der Waals surface area contributed by atoms with Gasteiger partial charge in [-0.25, -0.2) is 9.97 Å². The largest absolute Gasteiger partial charge is 0.358 e. The summed E-state index contributed by atoms with van der Waals surface area (Å²) in [6.07, 6.45) is 1.50. The van der Waals surface area contributed by atoms with E-state index in [4.69, 9.17) is 0 Å². The molecule has 1 atom stereocenters. The molecule has 2 N–H and O–H groups in total. The molecule has 5 heteroatoms. The fourth-order valence-electron chi connectivity index (χ4n) is 2.91. The highest BCUT2D eigenvalue weighted by atomic mass is 16.2. The minimum Gasteiger partial charge on any atom is -0.358 e. The summed E-state index contributed by atoms with van der Waals surface area (Å²) < 4.78 is 0. The van der Waals surface area contributed by atoms with Crippen LogP contribution in [0.1, 0.15) is 6.92 Å². The number of rotatable bonds is 4. The lowest BCUT2D eigenvalue weighted by Gasteiger charge is -2.16. The first kappa shape index (κ1) is 16.0. The molecule has 0 saturated heterocycles. The van der Waals surface area contributed by atoms with Gasteiger partial charge in [-0.3, -0.25) is 4.79 Å². The van der Waals surface area contributed by atoms with Gasteiger partial charge < -0.3 is 10.6 Å². The number of aromatic nitrogens is 2. The standard InChI is InChI=1S/C21H18N4O/c1-14(24-20-18-8-4-5-9-19(18)22-13-23-20)21(26)25-17-11-10-15-6-2-3-7-16(15)12-17/h2-14H,1H3,(H,25,26)(H,22,23,24). The van der Waals surface area contributed by atoms with Gasteiger partial charge in [-0.1, -0.05) is 42.5 Å². The van der Waals surface area contributed by atoms with Crippen LogP contribution in [-0.4, -0.2) is 21.9 Å². The van der Waals surface area contributed by atoms with Crippen molar-refractivity contribution in [2.24, 2.45) is 0 Å². The van der Waals surface area contributed by atoms with Crippen LogP contribution >= 0.6 is 0 Å². The molecule has 1 heterocycles. The zero-order chi connectivity index (χ0) is 17.9. The van der Waals surface area contributed by atoms with Crippen LogP contribution in [0.15, 0.2) is 73.1 Å². The molecule has 26 heavy (non-hydrogen) atoms. The van der Waals surface area contributed by atoms with Crippen LogP contribution in [0, 0.1) is 0 Å². The van der Waals surface area contributed by atoms with Gasteiger partial charge >= 0.3 is 0 Å².